The highest BCUT2D eigenvalue weighted by Crippen LogP contribution is 2.35. The first kappa shape index (κ1) is 21.4. The van der Waals surface area contributed by atoms with Crippen molar-refractivity contribution in [3.05, 3.63) is 63.0 Å². The van der Waals surface area contributed by atoms with E-state index < -0.39 is 0 Å². The number of aryl methyl sites for hydroxylation is 2. The lowest BCUT2D eigenvalue weighted by molar-refractivity contribution is 0.183. The molecule has 0 aliphatic heterocycles. The highest BCUT2D eigenvalue weighted by molar-refractivity contribution is 7.98. The zero-order chi connectivity index (χ0) is 22.1. The van der Waals surface area contributed by atoms with E-state index in [1.165, 1.54) is 40.8 Å². The highest BCUT2D eigenvalue weighted by atomic mass is 32.2. The van der Waals surface area contributed by atoms with Crippen LogP contribution in [0.5, 0.6) is 0 Å². The molecule has 5 rings (SSSR count). The number of thiophene rings is 1. The second-order valence-corrected chi connectivity index (χ2v) is 9.67. The van der Waals surface area contributed by atoms with Crippen LogP contribution in [0.1, 0.15) is 29.2 Å². The Morgan fingerprint density at radius 3 is 2.88 bits per heavy atom. The summed E-state index contributed by atoms with van der Waals surface area (Å²) < 4.78 is 26.0. The maximum absolute atomic E-state index is 13.4. The lowest BCUT2D eigenvalue weighted by Gasteiger charge is -2.13. The van der Waals surface area contributed by atoms with Gasteiger partial charge in [0.25, 0.3) is 5.56 Å². The molecule has 3 aromatic heterocycles. The van der Waals surface area contributed by atoms with Crippen molar-refractivity contribution in [2.24, 2.45) is 0 Å². The first-order chi connectivity index (χ1) is 15.6. The number of nitrogens with zero attached hydrogens (tertiary/aromatic N) is 3. The molecule has 166 valence electrons. The Balaban J connectivity index is 1.44. The van der Waals surface area contributed by atoms with Gasteiger partial charge in [-0.25, -0.2) is 14.4 Å². The molecule has 3 heterocycles. The highest BCUT2D eigenvalue weighted by Gasteiger charge is 2.22. The molecular weight excluding hydrogens is 449 g/mol. The van der Waals surface area contributed by atoms with Gasteiger partial charge in [-0.3, -0.25) is 9.36 Å². The number of oxazole rings is 1. The Kier molecular flexibility index (Phi) is 6.12. The van der Waals surface area contributed by atoms with E-state index in [4.69, 9.17) is 14.1 Å². The lowest BCUT2D eigenvalue weighted by Crippen LogP contribution is -2.25. The number of thioether (sulfide) groups is 1. The van der Waals surface area contributed by atoms with Crippen molar-refractivity contribution in [1.82, 2.24) is 14.5 Å². The maximum Gasteiger partial charge on any atom is 0.263 e. The van der Waals surface area contributed by atoms with E-state index in [2.05, 4.69) is 4.98 Å². The molecule has 0 radical (unpaired) electrons. The molecule has 0 fully saturated rings. The van der Waals surface area contributed by atoms with Crippen LogP contribution in [0, 0.1) is 5.82 Å². The molecule has 0 amide bonds. The molecule has 0 saturated carbocycles. The summed E-state index contributed by atoms with van der Waals surface area (Å²) in [5.41, 5.74) is 1.96. The average Bonchev–Trinajstić information content (AvgIpc) is 3.42. The fourth-order valence-electron chi connectivity index (χ4n) is 3.96. The number of halogens is 1. The summed E-state index contributed by atoms with van der Waals surface area (Å²) in [4.78, 5) is 24.7. The Hall–Kier alpha value is -2.49. The molecule has 9 heteroatoms. The average molecular weight is 472 g/mol. The Bertz CT molecular complexity index is 1310. The molecule has 0 bridgehead atoms. The second-order valence-electron chi connectivity index (χ2n) is 7.65. The second kappa shape index (κ2) is 9.17. The maximum atomic E-state index is 13.4. The summed E-state index contributed by atoms with van der Waals surface area (Å²) in [5, 5.41) is 1.42. The van der Waals surface area contributed by atoms with Crippen LogP contribution in [0.25, 0.3) is 21.5 Å². The van der Waals surface area contributed by atoms with E-state index in [1.807, 2.05) is 0 Å². The van der Waals surface area contributed by atoms with Crippen molar-refractivity contribution >= 4 is 33.3 Å². The minimum atomic E-state index is -0.296. The molecule has 32 heavy (non-hydrogen) atoms. The van der Waals surface area contributed by atoms with Crippen molar-refractivity contribution in [2.75, 3.05) is 13.7 Å². The lowest BCUT2D eigenvalue weighted by atomic mass is 9.97. The van der Waals surface area contributed by atoms with Crippen LogP contribution >= 0.6 is 23.1 Å². The monoisotopic (exact) mass is 471 g/mol. The summed E-state index contributed by atoms with van der Waals surface area (Å²) in [6, 6.07) is 6.09. The fraction of sp³-hybridized carbons (Fsp3) is 0.348. The van der Waals surface area contributed by atoms with E-state index in [9.17, 15) is 9.18 Å². The minimum Gasteiger partial charge on any atom is -0.440 e. The number of aromatic nitrogens is 3. The van der Waals surface area contributed by atoms with Gasteiger partial charge < -0.3 is 9.15 Å². The third kappa shape index (κ3) is 4.12. The van der Waals surface area contributed by atoms with Gasteiger partial charge in [-0.05, 0) is 55.5 Å². The summed E-state index contributed by atoms with van der Waals surface area (Å²) in [6.45, 7) is 0.873. The first-order valence-corrected chi connectivity index (χ1v) is 12.3. The number of hydrogen-bond acceptors (Lipinski definition) is 7. The van der Waals surface area contributed by atoms with Gasteiger partial charge in [0.2, 0.25) is 5.89 Å². The molecule has 0 atom stereocenters. The molecule has 1 aliphatic carbocycles. The number of methoxy groups -OCH3 is 1. The Morgan fingerprint density at radius 2 is 2.06 bits per heavy atom. The van der Waals surface area contributed by atoms with Gasteiger partial charge in [-0.2, -0.15) is 0 Å². The van der Waals surface area contributed by atoms with E-state index >= 15 is 0 Å². The van der Waals surface area contributed by atoms with E-state index in [1.54, 1.807) is 41.3 Å². The SMILES string of the molecule is COCCn1c(SCc2ncc(-c3ccc(F)cc3)o2)nc2sc3c(c2c1=O)CCCC3. The van der Waals surface area contributed by atoms with Gasteiger partial charge in [-0.1, -0.05) is 11.8 Å². The zero-order valence-electron chi connectivity index (χ0n) is 17.6. The number of fused-ring (bicyclic) bond motifs is 3. The van der Waals surface area contributed by atoms with Crippen molar-refractivity contribution in [3.63, 3.8) is 0 Å². The Labute approximate surface area is 192 Å². The molecule has 1 aromatic carbocycles. The summed E-state index contributed by atoms with van der Waals surface area (Å²) in [7, 11) is 1.63. The molecule has 1 aliphatic rings. The van der Waals surface area contributed by atoms with Crippen LogP contribution in [0.15, 0.2) is 44.8 Å². The van der Waals surface area contributed by atoms with Crippen LogP contribution in [0.4, 0.5) is 4.39 Å². The van der Waals surface area contributed by atoms with E-state index in [-0.39, 0.29) is 11.4 Å². The van der Waals surface area contributed by atoms with Gasteiger partial charge in [-0.15, -0.1) is 11.3 Å². The summed E-state index contributed by atoms with van der Waals surface area (Å²) in [6.07, 6.45) is 5.89. The Morgan fingerprint density at radius 1 is 1.25 bits per heavy atom. The molecular formula is C23H22FN3O3S2. The summed E-state index contributed by atoms with van der Waals surface area (Å²) in [5.74, 6) is 1.23. The third-order valence-corrected chi connectivity index (χ3v) is 7.71. The molecule has 0 unspecified atom stereocenters. The van der Waals surface area contributed by atoms with E-state index in [0.717, 1.165) is 35.0 Å². The van der Waals surface area contributed by atoms with Gasteiger partial charge >= 0.3 is 0 Å². The van der Waals surface area contributed by atoms with Gasteiger partial charge in [0.1, 0.15) is 10.6 Å². The van der Waals surface area contributed by atoms with Gasteiger partial charge in [0, 0.05) is 17.6 Å². The van der Waals surface area contributed by atoms with Crippen molar-refractivity contribution in [2.45, 2.75) is 43.1 Å². The number of ether oxygens (including phenoxy) is 1. The van der Waals surface area contributed by atoms with Crippen LogP contribution in [0.2, 0.25) is 0 Å². The van der Waals surface area contributed by atoms with Crippen LogP contribution < -0.4 is 5.56 Å². The number of hydrogen-bond donors (Lipinski definition) is 0. The van der Waals surface area contributed by atoms with E-state index in [0.29, 0.717) is 35.7 Å². The van der Waals surface area contributed by atoms with Crippen LogP contribution in [-0.4, -0.2) is 28.3 Å². The molecule has 0 N–H and O–H groups in total. The molecule has 0 saturated heterocycles. The van der Waals surface area contributed by atoms with Crippen molar-refractivity contribution in [1.29, 1.82) is 0 Å². The standard InChI is InChI=1S/C23H22FN3O3S2/c1-29-11-10-27-22(28)20-16-4-2-3-5-18(16)32-21(20)26-23(27)31-13-19-25-12-17(30-19)14-6-8-15(24)9-7-14/h6-9,12H,2-5,10-11,13H2,1H3. The minimum absolute atomic E-state index is 0.00774. The van der Waals surface area contributed by atoms with Crippen LogP contribution in [0.3, 0.4) is 0 Å². The topological polar surface area (TPSA) is 70.2 Å². The van der Waals surface area contributed by atoms with Gasteiger partial charge in [0.15, 0.2) is 10.9 Å². The fourth-order valence-corrected chi connectivity index (χ4v) is 6.14. The predicted octanol–water partition coefficient (Wildman–Crippen LogP) is 5.07. The third-order valence-electron chi connectivity index (χ3n) is 5.57. The summed E-state index contributed by atoms with van der Waals surface area (Å²) >= 11 is 3.07. The smallest absolute Gasteiger partial charge is 0.263 e. The number of rotatable bonds is 7. The quantitative estimate of drug-likeness (QED) is 0.277. The molecule has 4 aromatic rings. The first-order valence-electron chi connectivity index (χ1n) is 10.5. The largest absolute Gasteiger partial charge is 0.440 e. The normalized spacial score (nSPS) is 13.6. The zero-order valence-corrected chi connectivity index (χ0v) is 19.2. The van der Waals surface area contributed by atoms with Crippen molar-refractivity contribution in [3.8, 4) is 11.3 Å². The van der Waals surface area contributed by atoms with Crippen molar-refractivity contribution < 1.29 is 13.5 Å². The molecule has 6 nitrogen and oxygen atoms in total. The van der Waals surface area contributed by atoms with Crippen LogP contribution in [-0.2, 0) is 29.9 Å². The number of benzene rings is 1. The van der Waals surface area contributed by atoms with Gasteiger partial charge in [0.05, 0.1) is 30.5 Å². The predicted molar refractivity (Wildman–Crippen MR) is 124 cm³/mol. The molecule has 0 spiro atoms.